The Kier molecular flexibility index (Phi) is 3.52. The van der Waals surface area contributed by atoms with Gasteiger partial charge in [-0.2, -0.15) is 0 Å². The summed E-state index contributed by atoms with van der Waals surface area (Å²) in [4.78, 5) is 24.1. The van der Waals surface area contributed by atoms with E-state index in [1.165, 1.54) is 0 Å². The van der Waals surface area contributed by atoms with Gasteiger partial charge in [-0.3, -0.25) is 9.59 Å². The van der Waals surface area contributed by atoms with E-state index < -0.39 is 0 Å². The molecule has 0 spiro atoms. The van der Waals surface area contributed by atoms with Gasteiger partial charge in [-0.1, -0.05) is 48.9 Å². The Morgan fingerprint density at radius 1 is 1.24 bits per heavy atom. The van der Waals surface area contributed by atoms with E-state index in [-0.39, 0.29) is 17.6 Å². The van der Waals surface area contributed by atoms with Gasteiger partial charge in [-0.25, -0.2) is 0 Å². The summed E-state index contributed by atoms with van der Waals surface area (Å²) in [6, 6.07) is 13.0. The van der Waals surface area contributed by atoms with Crippen LogP contribution in [-0.2, 0) is 11.2 Å². The molecule has 21 heavy (non-hydrogen) atoms. The largest absolute Gasteiger partial charge is 0.325 e. The smallest absolute Gasteiger partial charge is 0.228 e. The first-order chi connectivity index (χ1) is 10.1. The van der Waals surface area contributed by atoms with Crippen LogP contribution in [0.2, 0.25) is 5.02 Å². The summed E-state index contributed by atoms with van der Waals surface area (Å²) in [6.45, 7) is 1.87. The van der Waals surface area contributed by atoms with E-state index in [2.05, 4.69) is 5.32 Å². The highest BCUT2D eigenvalue weighted by atomic mass is 35.5. The molecule has 0 saturated heterocycles. The number of carbonyl (C=O) groups excluding carboxylic acids is 2. The summed E-state index contributed by atoms with van der Waals surface area (Å²) in [5.41, 5.74) is 2.96. The molecule has 106 valence electrons. The van der Waals surface area contributed by atoms with Crippen LogP contribution in [0.4, 0.5) is 5.69 Å². The van der Waals surface area contributed by atoms with Gasteiger partial charge in [0.2, 0.25) is 5.91 Å². The second-order valence-electron chi connectivity index (χ2n) is 5.21. The van der Waals surface area contributed by atoms with Crippen LogP contribution >= 0.6 is 11.6 Å². The lowest BCUT2D eigenvalue weighted by Gasteiger charge is -2.13. The molecule has 1 heterocycles. The Morgan fingerprint density at radius 2 is 1.95 bits per heavy atom. The third kappa shape index (κ3) is 2.57. The topological polar surface area (TPSA) is 46.2 Å². The molecular formula is C17H14ClNO2. The fourth-order valence-electron chi connectivity index (χ4n) is 2.56. The molecule has 1 N–H and O–H groups in total. The molecule has 0 fully saturated rings. The van der Waals surface area contributed by atoms with E-state index in [4.69, 9.17) is 11.6 Å². The summed E-state index contributed by atoms with van der Waals surface area (Å²) >= 11 is 6.21. The number of hydrogen-bond donors (Lipinski definition) is 1. The lowest BCUT2D eigenvalue weighted by Crippen LogP contribution is -2.10. The summed E-state index contributed by atoms with van der Waals surface area (Å²) in [6.07, 6.45) is 0.298. The van der Waals surface area contributed by atoms with Crippen molar-refractivity contribution < 1.29 is 9.59 Å². The summed E-state index contributed by atoms with van der Waals surface area (Å²) in [7, 11) is 0. The maximum absolute atomic E-state index is 12.7. The minimum absolute atomic E-state index is 0.0339. The van der Waals surface area contributed by atoms with E-state index in [9.17, 15) is 9.59 Å². The third-order valence-corrected chi connectivity index (χ3v) is 4.09. The van der Waals surface area contributed by atoms with Gasteiger partial charge in [0.05, 0.1) is 11.4 Å². The van der Waals surface area contributed by atoms with Gasteiger partial charge in [0.15, 0.2) is 5.78 Å². The first kappa shape index (κ1) is 13.8. The lowest BCUT2D eigenvalue weighted by molar-refractivity contribution is -0.115. The summed E-state index contributed by atoms with van der Waals surface area (Å²) in [5.74, 6) is -0.373. The molecule has 0 bridgehead atoms. The number of amides is 1. The molecule has 1 amide bonds. The molecule has 1 aliphatic heterocycles. The van der Waals surface area contributed by atoms with E-state index in [1.807, 2.05) is 37.3 Å². The summed E-state index contributed by atoms with van der Waals surface area (Å²) < 4.78 is 0. The molecule has 1 unspecified atom stereocenters. The van der Waals surface area contributed by atoms with E-state index >= 15 is 0 Å². The van der Waals surface area contributed by atoms with E-state index in [1.54, 1.807) is 12.1 Å². The number of anilines is 1. The fraction of sp³-hybridized carbons (Fsp3) is 0.176. The summed E-state index contributed by atoms with van der Waals surface area (Å²) in [5, 5.41) is 3.11. The second kappa shape index (κ2) is 5.34. The van der Waals surface area contributed by atoms with Gasteiger partial charge in [-0.15, -0.1) is 0 Å². The minimum Gasteiger partial charge on any atom is -0.325 e. The number of fused-ring (bicyclic) bond motifs is 1. The number of nitrogens with one attached hydrogen (secondary N) is 1. The quantitative estimate of drug-likeness (QED) is 0.876. The molecule has 4 heteroatoms. The average Bonchev–Trinajstić information content (AvgIpc) is 2.85. The Hall–Kier alpha value is -2.13. The standard InChI is InChI=1S/C17H14ClNO2/c1-10(11-5-3-2-4-6-11)17(21)13-7-12-8-16(20)19-15(12)9-14(13)18/h2-7,9-10H,8H2,1H3,(H,19,20). The predicted octanol–water partition coefficient (Wildman–Crippen LogP) is 3.82. The van der Waals surface area contributed by atoms with Crippen LogP contribution in [0.25, 0.3) is 0 Å². The number of carbonyl (C=O) groups is 2. The number of ketones is 1. The Labute approximate surface area is 127 Å². The van der Waals surface area contributed by atoms with Crippen molar-refractivity contribution in [3.05, 3.63) is 64.2 Å². The van der Waals surface area contributed by atoms with Gasteiger partial charge in [0, 0.05) is 17.2 Å². The molecule has 2 aromatic rings. The van der Waals surface area contributed by atoms with E-state index in [0.717, 1.165) is 11.1 Å². The highest BCUT2D eigenvalue weighted by Crippen LogP contribution is 2.32. The maximum atomic E-state index is 12.7. The van der Waals surface area contributed by atoms with Crippen LogP contribution in [0.3, 0.4) is 0 Å². The van der Waals surface area contributed by atoms with Crippen LogP contribution in [0.15, 0.2) is 42.5 Å². The number of hydrogen-bond acceptors (Lipinski definition) is 2. The molecule has 0 aromatic heterocycles. The van der Waals surface area contributed by atoms with Gasteiger partial charge < -0.3 is 5.32 Å². The molecule has 0 radical (unpaired) electrons. The zero-order chi connectivity index (χ0) is 15.0. The molecular weight excluding hydrogens is 286 g/mol. The van der Waals surface area contributed by atoms with Crippen molar-refractivity contribution in [2.45, 2.75) is 19.3 Å². The van der Waals surface area contributed by atoms with Crippen molar-refractivity contribution in [3.8, 4) is 0 Å². The van der Waals surface area contributed by atoms with Crippen molar-refractivity contribution in [1.82, 2.24) is 0 Å². The lowest BCUT2D eigenvalue weighted by atomic mass is 9.91. The molecule has 3 rings (SSSR count). The Morgan fingerprint density at radius 3 is 2.67 bits per heavy atom. The van der Waals surface area contributed by atoms with Crippen LogP contribution in [0.1, 0.15) is 34.3 Å². The molecule has 2 aromatic carbocycles. The monoisotopic (exact) mass is 299 g/mol. The van der Waals surface area contributed by atoms with E-state index in [0.29, 0.717) is 22.7 Å². The normalized spacial score (nSPS) is 14.5. The first-order valence-corrected chi connectivity index (χ1v) is 7.15. The Bertz CT molecular complexity index is 725. The zero-order valence-electron chi connectivity index (χ0n) is 11.5. The number of rotatable bonds is 3. The van der Waals surface area contributed by atoms with Gasteiger partial charge in [0.25, 0.3) is 0 Å². The second-order valence-corrected chi connectivity index (χ2v) is 5.62. The van der Waals surface area contributed by atoms with Gasteiger partial charge in [-0.05, 0) is 23.3 Å². The van der Waals surface area contributed by atoms with Gasteiger partial charge >= 0.3 is 0 Å². The number of Topliss-reactive ketones (excluding diaryl/α,β-unsaturated/α-hetero) is 1. The van der Waals surface area contributed by atoms with Crippen molar-refractivity contribution in [1.29, 1.82) is 0 Å². The third-order valence-electron chi connectivity index (χ3n) is 3.78. The molecule has 1 atom stereocenters. The minimum atomic E-state index is -0.271. The zero-order valence-corrected chi connectivity index (χ0v) is 12.3. The fourth-order valence-corrected chi connectivity index (χ4v) is 2.82. The number of halogens is 1. The average molecular weight is 300 g/mol. The number of benzene rings is 2. The molecule has 0 aliphatic carbocycles. The Balaban J connectivity index is 1.96. The van der Waals surface area contributed by atoms with Crippen molar-refractivity contribution in [2.75, 3.05) is 5.32 Å². The molecule has 1 aliphatic rings. The van der Waals surface area contributed by atoms with Crippen LogP contribution < -0.4 is 5.32 Å². The SMILES string of the molecule is CC(C(=O)c1cc2c(cc1Cl)NC(=O)C2)c1ccccc1. The van der Waals surface area contributed by atoms with Crippen LogP contribution in [0.5, 0.6) is 0 Å². The molecule has 0 saturated carbocycles. The van der Waals surface area contributed by atoms with Crippen LogP contribution in [0, 0.1) is 0 Å². The van der Waals surface area contributed by atoms with Crippen molar-refractivity contribution >= 4 is 29.0 Å². The predicted molar refractivity (Wildman–Crippen MR) is 83.0 cm³/mol. The highest BCUT2D eigenvalue weighted by molar-refractivity contribution is 6.34. The highest BCUT2D eigenvalue weighted by Gasteiger charge is 2.24. The van der Waals surface area contributed by atoms with Crippen molar-refractivity contribution in [2.24, 2.45) is 0 Å². The first-order valence-electron chi connectivity index (χ1n) is 6.77. The van der Waals surface area contributed by atoms with Crippen molar-refractivity contribution in [3.63, 3.8) is 0 Å². The van der Waals surface area contributed by atoms with Gasteiger partial charge in [0.1, 0.15) is 0 Å². The maximum Gasteiger partial charge on any atom is 0.228 e. The van der Waals surface area contributed by atoms with Crippen LogP contribution in [-0.4, -0.2) is 11.7 Å². The molecule has 3 nitrogen and oxygen atoms in total.